The first kappa shape index (κ1) is 17.7. The molecule has 1 N–H and O–H groups in total. The van der Waals surface area contributed by atoms with Crippen molar-refractivity contribution in [2.75, 3.05) is 5.32 Å². The highest BCUT2D eigenvalue weighted by Gasteiger charge is 2.34. The summed E-state index contributed by atoms with van der Waals surface area (Å²) in [4.78, 5) is 20.7. The Bertz CT molecular complexity index is 1150. The molecule has 8 heteroatoms. The van der Waals surface area contributed by atoms with Crippen LogP contribution in [0.3, 0.4) is 0 Å². The molecule has 1 amide bonds. The number of hydrogen-bond acceptors (Lipinski definition) is 4. The molecular formula is C20H12F3N3O2. The summed E-state index contributed by atoms with van der Waals surface area (Å²) in [6.45, 7) is 0. The van der Waals surface area contributed by atoms with Crippen molar-refractivity contribution in [2.45, 2.75) is 6.18 Å². The molecule has 0 unspecified atom stereocenters. The molecular weight excluding hydrogens is 371 g/mol. The number of oxazole rings is 1. The van der Waals surface area contributed by atoms with Crippen LogP contribution in [0.4, 0.5) is 19.0 Å². The maximum Gasteiger partial charge on any atom is 0.417 e. The van der Waals surface area contributed by atoms with Crippen LogP contribution < -0.4 is 5.32 Å². The number of hydrogen-bond donors (Lipinski definition) is 1. The van der Waals surface area contributed by atoms with Crippen molar-refractivity contribution in [1.82, 2.24) is 9.97 Å². The molecule has 0 aliphatic rings. The van der Waals surface area contributed by atoms with Gasteiger partial charge in [0.15, 0.2) is 5.58 Å². The van der Waals surface area contributed by atoms with Crippen LogP contribution in [-0.4, -0.2) is 15.9 Å². The standard InChI is InChI=1S/C20H12F3N3O2/c21-20(22,23)14-8-2-1-6-12(14)19-25-15-9-5-7-13(17(15)28-19)18(27)26-16-10-3-4-11-24-16/h1-11H,(H,24,26,27). The maximum atomic E-state index is 13.3. The summed E-state index contributed by atoms with van der Waals surface area (Å²) in [7, 11) is 0. The van der Waals surface area contributed by atoms with E-state index in [0.29, 0.717) is 5.82 Å². The van der Waals surface area contributed by atoms with Gasteiger partial charge < -0.3 is 9.73 Å². The highest BCUT2D eigenvalue weighted by Crippen LogP contribution is 2.37. The summed E-state index contributed by atoms with van der Waals surface area (Å²) >= 11 is 0. The molecule has 0 aliphatic heterocycles. The molecule has 4 aromatic rings. The second kappa shape index (κ2) is 6.80. The zero-order valence-corrected chi connectivity index (χ0v) is 14.2. The molecule has 140 valence electrons. The number of para-hydroxylation sites is 1. The van der Waals surface area contributed by atoms with Crippen molar-refractivity contribution in [2.24, 2.45) is 0 Å². The number of nitrogens with one attached hydrogen (secondary N) is 1. The average Bonchev–Trinajstić information content (AvgIpc) is 3.12. The highest BCUT2D eigenvalue weighted by atomic mass is 19.4. The van der Waals surface area contributed by atoms with E-state index >= 15 is 0 Å². The topological polar surface area (TPSA) is 68.0 Å². The third-order valence-corrected chi connectivity index (χ3v) is 4.03. The largest absolute Gasteiger partial charge is 0.435 e. The molecule has 0 saturated heterocycles. The number of rotatable bonds is 3. The number of aromatic nitrogens is 2. The monoisotopic (exact) mass is 383 g/mol. The number of carbonyl (C=O) groups excluding carboxylic acids is 1. The highest BCUT2D eigenvalue weighted by molar-refractivity contribution is 6.10. The van der Waals surface area contributed by atoms with Gasteiger partial charge in [-0.3, -0.25) is 4.79 Å². The van der Waals surface area contributed by atoms with E-state index in [0.717, 1.165) is 6.07 Å². The number of anilines is 1. The fourth-order valence-electron chi connectivity index (χ4n) is 2.78. The Morgan fingerprint density at radius 2 is 1.75 bits per heavy atom. The lowest BCUT2D eigenvalue weighted by Gasteiger charge is -2.09. The third-order valence-electron chi connectivity index (χ3n) is 4.03. The van der Waals surface area contributed by atoms with Crippen LogP contribution in [0.2, 0.25) is 0 Å². The molecule has 2 aromatic heterocycles. The van der Waals surface area contributed by atoms with E-state index < -0.39 is 17.6 Å². The number of carbonyl (C=O) groups is 1. The SMILES string of the molecule is O=C(Nc1ccccn1)c1cccc2nc(-c3ccccc3C(F)(F)F)oc12. The average molecular weight is 383 g/mol. The molecule has 0 saturated carbocycles. The lowest BCUT2D eigenvalue weighted by Crippen LogP contribution is -2.12. The zero-order chi connectivity index (χ0) is 19.7. The predicted octanol–water partition coefficient (Wildman–Crippen LogP) is 5.16. The summed E-state index contributed by atoms with van der Waals surface area (Å²) in [6.07, 6.45) is -3.03. The van der Waals surface area contributed by atoms with Gasteiger partial charge in [0.05, 0.1) is 11.1 Å². The number of benzene rings is 2. The minimum absolute atomic E-state index is 0.0999. The molecule has 0 spiro atoms. The molecule has 0 aliphatic carbocycles. The van der Waals surface area contributed by atoms with Gasteiger partial charge in [-0.15, -0.1) is 0 Å². The number of alkyl halides is 3. The van der Waals surface area contributed by atoms with E-state index in [9.17, 15) is 18.0 Å². The summed E-state index contributed by atoms with van der Waals surface area (Å²) in [6, 6.07) is 14.7. The van der Waals surface area contributed by atoms with Gasteiger partial charge in [-0.25, -0.2) is 9.97 Å². The first-order valence-electron chi connectivity index (χ1n) is 8.22. The Balaban J connectivity index is 1.78. The van der Waals surface area contributed by atoms with Gasteiger partial charge in [0, 0.05) is 11.8 Å². The second-order valence-electron chi connectivity index (χ2n) is 5.89. The van der Waals surface area contributed by atoms with Crippen LogP contribution in [-0.2, 0) is 6.18 Å². The lowest BCUT2D eigenvalue weighted by atomic mass is 10.1. The zero-order valence-electron chi connectivity index (χ0n) is 14.2. The fourth-order valence-corrected chi connectivity index (χ4v) is 2.78. The van der Waals surface area contributed by atoms with Crippen molar-refractivity contribution in [3.05, 3.63) is 78.0 Å². The molecule has 28 heavy (non-hydrogen) atoms. The molecule has 0 fully saturated rings. The summed E-state index contributed by atoms with van der Waals surface area (Å²) in [5.41, 5.74) is -0.529. The molecule has 4 rings (SSSR count). The molecule has 2 heterocycles. The fraction of sp³-hybridized carbons (Fsp3) is 0.0500. The minimum Gasteiger partial charge on any atom is -0.435 e. The van der Waals surface area contributed by atoms with Gasteiger partial charge in [-0.2, -0.15) is 13.2 Å². The Morgan fingerprint density at radius 3 is 2.50 bits per heavy atom. The van der Waals surface area contributed by atoms with Crippen LogP contribution >= 0.6 is 0 Å². The van der Waals surface area contributed by atoms with Crippen molar-refractivity contribution in [3.63, 3.8) is 0 Å². The van der Waals surface area contributed by atoms with Gasteiger partial charge in [-0.1, -0.05) is 24.3 Å². The van der Waals surface area contributed by atoms with Gasteiger partial charge in [0.1, 0.15) is 11.3 Å². The van der Waals surface area contributed by atoms with Gasteiger partial charge in [0.25, 0.3) is 5.91 Å². The summed E-state index contributed by atoms with van der Waals surface area (Å²) in [5, 5.41) is 2.62. The number of nitrogens with zero attached hydrogens (tertiary/aromatic N) is 2. The van der Waals surface area contributed by atoms with Crippen molar-refractivity contribution in [1.29, 1.82) is 0 Å². The molecule has 5 nitrogen and oxygen atoms in total. The Morgan fingerprint density at radius 1 is 0.964 bits per heavy atom. The molecule has 0 bridgehead atoms. The van der Waals surface area contributed by atoms with Crippen LogP contribution in [0.1, 0.15) is 15.9 Å². The molecule has 0 radical (unpaired) electrons. The maximum absolute atomic E-state index is 13.3. The van der Waals surface area contributed by atoms with E-state index in [-0.39, 0.29) is 28.1 Å². The van der Waals surface area contributed by atoms with Gasteiger partial charge in [-0.05, 0) is 36.4 Å². The van der Waals surface area contributed by atoms with E-state index in [1.54, 1.807) is 30.3 Å². The van der Waals surface area contributed by atoms with Crippen molar-refractivity contribution >= 4 is 22.8 Å². The number of amides is 1. The van der Waals surface area contributed by atoms with E-state index in [1.807, 2.05) is 0 Å². The van der Waals surface area contributed by atoms with E-state index in [4.69, 9.17) is 4.42 Å². The molecule has 0 atom stereocenters. The Kier molecular flexibility index (Phi) is 4.31. The quantitative estimate of drug-likeness (QED) is 0.531. The predicted molar refractivity (Wildman–Crippen MR) is 96.6 cm³/mol. The third kappa shape index (κ3) is 3.32. The first-order valence-corrected chi connectivity index (χ1v) is 8.22. The normalized spacial score (nSPS) is 11.5. The number of halogens is 3. The first-order chi connectivity index (χ1) is 13.4. The van der Waals surface area contributed by atoms with Crippen molar-refractivity contribution in [3.8, 4) is 11.5 Å². The smallest absolute Gasteiger partial charge is 0.417 e. The van der Waals surface area contributed by atoms with Crippen LogP contribution in [0, 0.1) is 0 Å². The summed E-state index contributed by atoms with van der Waals surface area (Å²) < 4.78 is 45.5. The minimum atomic E-state index is -4.56. The second-order valence-corrected chi connectivity index (χ2v) is 5.89. The van der Waals surface area contributed by atoms with Crippen LogP contribution in [0.25, 0.3) is 22.6 Å². The van der Waals surface area contributed by atoms with E-state index in [2.05, 4.69) is 15.3 Å². The number of pyridine rings is 1. The van der Waals surface area contributed by atoms with Gasteiger partial charge >= 0.3 is 6.18 Å². The summed E-state index contributed by atoms with van der Waals surface area (Å²) in [5.74, 6) is -0.372. The molecule has 2 aromatic carbocycles. The Hall–Kier alpha value is -3.68. The van der Waals surface area contributed by atoms with Gasteiger partial charge in [0.2, 0.25) is 5.89 Å². The number of fused-ring (bicyclic) bond motifs is 1. The van der Waals surface area contributed by atoms with Crippen molar-refractivity contribution < 1.29 is 22.4 Å². The lowest BCUT2D eigenvalue weighted by molar-refractivity contribution is -0.137. The van der Waals surface area contributed by atoms with E-state index in [1.165, 1.54) is 30.5 Å². The van der Waals surface area contributed by atoms with Crippen LogP contribution in [0.15, 0.2) is 71.3 Å². The Labute approximate surface area is 156 Å². The van der Waals surface area contributed by atoms with Crippen LogP contribution in [0.5, 0.6) is 0 Å².